The van der Waals surface area contributed by atoms with Gasteiger partial charge in [0, 0.05) is 19.4 Å². The first kappa shape index (κ1) is 7.34. The summed E-state index contributed by atoms with van der Waals surface area (Å²) in [6.07, 6.45) is 0.886. The third kappa shape index (κ3) is 0.995. The van der Waals surface area contributed by atoms with Crippen LogP contribution in [0.3, 0.4) is 0 Å². The molecule has 1 aliphatic heterocycles. The van der Waals surface area contributed by atoms with E-state index >= 15 is 0 Å². The van der Waals surface area contributed by atoms with Crippen molar-refractivity contribution >= 4 is 11.6 Å². The number of nitrogens with one attached hydrogen (secondary N) is 1. The molecule has 2 N–H and O–H groups in total. The minimum absolute atomic E-state index is 0.000602. The minimum Gasteiger partial charge on any atom is -0.511 e. The number of aliphatic hydroxyl groups excluding tert-OH is 1. The molecule has 0 radical (unpaired) electrons. The number of carbonyl (C=O) groups is 1. The van der Waals surface area contributed by atoms with Gasteiger partial charge in [-0.05, 0) is 0 Å². The van der Waals surface area contributed by atoms with Gasteiger partial charge in [-0.3, -0.25) is 9.79 Å². The van der Waals surface area contributed by atoms with E-state index in [2.05, 4.69) is 10.3 Å². The van der Waals surface area contributed by atoms with E-state index < -0.39 is 0 Å². The van der Waals surface area contributed by atoms with Crippen molar-refractivity contribution in [2.75, 3.05) is 13.1 Å². The summed E-state index contributed by atoms with van der Waals surface area (Å²) in [4.78, 5) is 15.3. The maximum Gasteiger partial charge on any atom is 0.170 e. The van der Waals surface area contributed by atoms with Crippen molar-refractivity contribution in [2.24, 2.45) is 4.99 Å². The standard InChI is InChI=1S/C8H10N2O2/c11-5-1-2-6(12)7(5)8-9-3-4-10-8/h11H,1-4H2,(H,9,10). The Bertz CT molecular complexity index is 291. The lowest BCUT2D eigenvalue weighted by atomic mass is 10.2. The molecule has 0 saturated heterocycles. The molecule has 1 aliphatic carbocycles. The number of hydrogen-bond donors (Lipinski definition) is 2. The Kier molecular flexibility index (Phi) is 1.60. The lowest BCUT2D eigenvalue weighted by Gasteiger charge is -2.01. The van der Waals surface area contributed by atoms with Crippen molar-refractivity contribution in [1.29, 1.82) is 0 Å². The van der Waals surface area contributed by atoms with E-state index in [0.29, 0.717) is 30.8 Å². The SMILES string of the molecule is O=C1CCC(O)=C1C1=NCCN1. The number of allylic oxidation sites excluding steroid dienone is 1. The molecule has 0 spiro atoms. The predicted octanol–water partition coefficient (Wildman–Crippen LogP) is 0.163. The maximum absolute atomic E-state index is 11.2. The number of hydrogen-bond acceptors (Lipinski definition) is 4. The highest BCUT2D eigenvalue weighted by Gasteiger charge is 2.27. The number of aliphatic imine (C=N–C) groups is 1. The number of Topliss-reactive ketones (excluding diaryl/α,β-unsaturated/α-hetero) is 1. The van der Waals surface area contributed by atoms with Crippen LogP contribution < -0.4 is 5.32 Å². The number of aliphatic hydroxyl groups is 1. The van der Waals surface area contributed by atoms with Crippen molar-refractivity contribution in [2.45, 2.75) is 12.8 Å². The van der Waals surface area contributed by atoms with Gasteiger partial charge in [-0.2, -0.15) is 0 Å². The third-order valence-corrected chi connectivity index (χ3v) is 2.07. The van der Waals surface area contributed by atoms with Crippen molar-refractivity contribution in [3.05, 3.63) is 11.3 Å². The van der Waals surface area contributed by atoms with Gasteiger partial charge in [0.2, 0.25) is 0 Å². The third-order valence-electron chi connectivity index (χ3n) is 2.07. The van der Waals surface area contributed by atoms with E-state index in [1.807, 2.05) is 0 Å². The number of rotatable bonds is 1. The molecule has 4 nitrogen and oxygen atoms in total. The van der Waals surface area contributed by atoms with Crippen LogP contribution in [0.5, 0.6) is 0 Å². The van der Waals surface area contributed by atoms with Crippen LogP contribution in [-0.2, 0) is 4.79 Å². The Morgan fingerprint density at radius 1 is 1.42 bits per heavy atom. The largest absolute Gasteiger partial charge is 0.511 e. The molecule has 64 valence electrons. The second-order valence-corrected chi connectivity index (χ2v) is 2.90. The van der Waals surface area contributed by atoms with E-state index in [0.717, 1.165) is 6.54 Å². The van der Waals surface area contributed by atoms with E-state index in [1.165, 1.54) is 0 Å². The Labute approximate surface area is 70.0 Å². The number of amidine groups is 1. The summed E-state index contributed by atoms with van der Waals surface area (Å²) < 4.78 is 0. The van der Waals surface area contributed by atoms with Gasteiger partial charge in [0.25, 0.3) is 0 Å². The topological polar surface area (TPSA) is 61.7 Å². The first-order valence-corrected chi connectivity index (χ1v) is 4.03. The number of ketones is 1. The maximum atomic E-state index is 11.2. The molecule has 0 amide bonds. The van der Waals surface area contributed by atoms with Gasteiger partial charge < -0.3 is 10.4 Å². The van der Waals surface area contributed by atoms with Crippen molar-refractivity contribution in [3.63, 3.8) is 0 Å². The second kappa shape index (κ2) is 2.62. The molecular weight excluding hydrogens is 156 g/mol. The summed E-state index contributed by atoms with van der Waals surface area (Å²) in [5.74, 6) is 0.767. The van der Waals surface area contributed by atoms with Gasteiger partial charge in [-0.15, -0.1) is 0 Å². The van der Waals surface area contributed by atoms with E-state index in [9.17, 15) is 9.90 Å². The van der Waals surface area contributed by atoms with Crippen LogP contribution in [0, 0.1) is 0 Å². The van der Waals surface area contributed by atoms with Crippen LogP contribution in [0.4, 0.5) is 0 Å². The van der Waals surface area contributed by atoms with Gasteiger partial charge in [-0.25, -0.2) is 0 Å². The molecule has 2 aliphatic rings. The molecule has 0 saturated carbocycles. The second-order valence-electron chi connectivity index (χ2n) is 2.90. The van der Waals surface area contributed by atoms with E-state index in [-0.39, 0.29) is 11.5 Å². The summed E-state index contributed by atoms with van der Waals surface area (Å²) in [6.45, 7) is 1.46. The molecule has 4 heteroatoms. The Hall–Kier alpha value is -1.32. The number of carbonyl (C=O) groups excluding carboxylic acids is 1. The van der Waals surface area contributed by atoms with Crippen LogP contribution >= 0.6 is 0 Å². The highest BCUT2D eigenvalue weighted by atomic mass is 16.3. The monoisotopic (exact) mass is 166 g/mol. The normalized spacial score (nSPS) is 23.0. The molecule has 0 aromatic rings. The fourth-order valence-corrected chi connectivity index (χ4v) is 1.48. The fraction of sp³-hybridized carbons (Fsp3) is 0.500. The summed E-state index contributed by atoms with van der Waals surface area (Å²) >= 11 is 0. The van der Waals surface area contributed by atoms with Crippen LogP contribution in [0.1, 0.15) is 12.8 Å². The average Bonchev–Trinajstić information content (AvgIpc) is 2.61. The molecular formula is C8H10N2O2. The van der Waals surface area contributed by atoms with Crippen molar-refractivity contribution in [1.82, 2.24) is 5.32 Å². The fourth-order valence-electron chi connectivity index (χ4n) is 1.48. The Balaban J connectivity index is 2.32. The molecule has 0 bridgehead atoms. The van der Waals surface area contributed by atoms with Crippen LogP contribution in [0.2, 0.25) is 0 Å². The smallest absolute Gasteiger partial charge is 0.170 e. The predicted molar refractivity (Wildman–Crippen MR) is 44.2 cm³/mol. The van der Waals surface area contributed by atoms with Crippen molar-refractivity contribution in [3.8, 4) is 0 Å². The van der Waals surface area contributed by atoms with E-state index in [1.54, 1.807) is 0 Å². The summed E-state index contributed by atoms with van der Waals surface area (Å²) in [6, 6.07) is 0. The first-order chi connectivity index (χ1) is 5.79. The molecule has 1 heterocycles. The summed E-state index contributed by atoms with van der Waals surface area (Å²) in [7, 11) is 0. The van der Waals surface area contributed by atoms with E-state index in [4.69, 9.17) is 0 Å². The molecule has 12 heavy (non-hydrogen) atoms. The van der Waals surface area contributed by atoms with Gasteiger partial charge in [0.15, 0.2) is 5.78 Å². The van der Waals surface area contributed by atoms with Gasteiger partial charge in [0.1, 0.15) is 11.6 Å². The highest BCUT2D eigenvalue weighted by molar-refractivity contribution is 6.23. The zero-order valence-electron chi connectivity index (χ0n) is 6.63. The summed E-state index contributed by atoms with van der Waals surface area (Å²) in [5.41, 5.74) is 0.410. The van der Waals surface area contributed by atoms with Gasteiger partial charge >= 0.3 is 0 Å². The summed E-state index contributed by atoms with van der Waals surface area (Å²) in [5, 5.41) is 12.3. The Morgan fingerprint density at radius 2 is 2.25 bits per heavy atom. The van der Waals surface area contributed by atoms with Crippen LogP contribution in [-0.4, -0.2) is 29.8 Å². The van der Waals surface area contributed by atoms with Crippen LogP contribution in [0.25, 0.3) is 0 Å². The first-order valence-electron chi connectivity index (χ1n) is 4.03. The molecule has 0 unspecified atom stereocenters. The number of nitrogens with zero attached hydrogens (tertiary/aromatic N) is 1. The lowest BCUT2D eigenvalue weighted by molar-refractivity contribution is -0.114. The molecule has 0 atom stereocenters. The molecule has 2 rings (SSSR count). The zero-order valence-corrected chi connectivity index (χ0v) is 6.63. The molecule has 0 fully saturated rings. The molecule has 0 aromatic heterocycles. The van der Waals surface area contributed by atoms with Crippen LogP contribution in [0.15, 0.2) is 16.3 Å². The van der Waals surface area contributed by atoms with Gasteiger partial charge in [0.05, 0.1) is 12.1 Å². The zero-order chi connectivity index (χ0) is 8.55. The van der Waals surface area contributed by atoms with Gasteiger partial charge in [-0.1, -0.05) is 0 Å². The highest BCUT2D eigenvalue weighted by Crippen LogP contribution is 2.21. The van der Waals surface area contributed by atoms with Crippen molar-refractivity contribution < 1.29 is 9.90 Å². The Morgan fingerprint density at radius 3 is 2.75 bits per heavy atom. The quantitative estimate of drug-likeness (QED) is 0.583. The average molecular weight is 166 g/mol. The minimum atomic E-state index is 0.000602. The lowest BCUT2D eigenvalue weighted by Crippen LogP contribution is -2.23. The molecule has 0 aromatic carbocycles.